The van der Waals surface area contributed by atoms with Crippen LogP contribution in [0.5, 0.6) is 5.88 Å². The minimum absolute atomic E-state index is 0.00964. The highest BCUT2D eigenvalue weighted by molar-refractivity contribution is 7.15. The van der Waals surface area contributed by atoms with Crippen LogP contribution in [0.15, 0.2) is 24.7 Å². The van der Waals surface area contributed by atoms with E-state index in [1.807, 2.05) is 46.2 Å². The molecule has 0 aromatic carbocycles. The highest BCUT2D eigenvalue weighted by Gasteiger charge is 2.34. The Morgan fingerprint density at radius 1 is 1.36 bits per heavy atom. The van der Waals surface area contributed by atoms with E-state index in [1.165, 1.54) is 0 Å². The van der Waals surface area contributed by atoms with Gasteiger partial charge in [-0.05, 0) is 33.8 Å². The lowest BCUT2D eigenvalue weighted by atomic mass is 9.89. The smallest absolute Gasteiger partial charge is 0.407 e. The maximum atomic E-state index is 11.9. The molecule has 1 N–H and O–H groups in total. The van der Waals surface area contributed by atoms with Crippen molar-refractivity contribution in [3.8, 4) is 16.5 Å². The third-order valence-corrected chi connectivity index (χ3v) is 5.26. The first-order valence-electron chi connectivity index (χ1n) is 9.20. The van der Waals surface area contributed by atoms with Crippen LogP contribution in [-0.4, -0.2) is 43.4 Å². The Bertz CT molecular complexity index is 1000. The molecule has 0 saturated heterocycles. The number of rotatable bonds is 4. The number of alkyl carbamates (subject to hydrolysis) is 1. The zero-order chi connectivity index (χ0) is 19.9. The molecular formula is C19H23N5O3S. The first-order valence-corrected chi connectivity index (χ1v) is 10.0. The van der Waals surface area contributed by atoms with Crippen molar-refractivity contribution in [3.05, 3.63) is 29.7 Å². The van der Waals surface area contributed by atoms with Gasteiger partial charge in [0.25, 0.3) is 0 Å². The maximum absolute atomic E-state index is 11.9. The first kappa shape index (κ1) is 18.7. The summed E-state index contributed by atoms with van der Waals surface area (Å²) in [4.78, 5) is 21.8. The molecule has 0 bridgehead atoms. The predicted molar refractivity (Wildman–Crippen MR) is 106 cm³/mol. The van der Waals surface area contributed by atoms with Crippen molar-refractivity contribution in [1.29, 1.82) is 0 Å². The molecule has 1 aliphatic rings. The molecule has 0 aliphatic heterocycles. The lowest BCUT2D eigenvalue weighted by molar-refractivity contribution is 0.0357. The number of hydrogen-bond donors (Lipinski definition) is 1. The predicted octanol–water partition coefficient (Wildman–Crippen LogP) is 3.60. The van der Waals surface area contributed by atoms with Crippen LogP contribution in [0.4, 0.5) is 4.79 Å². The third kappa shape index (κ3) is 4.09. The minimum Gasteiger partial charge on any atom is -0.473 e. The van der Waals surface area contributed by atoms with Gasteiger partial charge in [-0.2, -0.15) is 5.10 Å². The summed E-state index contributed by atoms with van der Waals surface area (Å²) in [6, 6.07) is 1.92. The molecule has 3 aromatic heterocycles. The zero-order valence-corrected chi connectivity index (χ0v) is 17.1. The summed E-state index contributed by atoms with van der Waals surface area (Å²) in [6.45, 7) is 7.50. The van der Waals surface area contributed by atoms with Gasteiger partial charge in [0.2, 0.25) is 5.88 Å². The number of thiazole rings is 1. The molecule has 1 aliphatic carbocycles. The van der Waals surface area contributed by atoms with Gasteiger partial charge in [-0.1, -0.05) is 0 Å². The van der Waals surface area contributed by atoms with E-state index in [1.54, 1.807) is 22.0 Å². The van der Waals surface area contributed by atoms with Crippen molar-refractivity contribution in [2.24, 2.45) is 0 Å². The average Bonchev–Trinajstić information content (AvgIpc) is 3.19. The Balaban J connectivity index is 1.43. The fourth-order valence-corrected chi connectivity index (χ4v) is 3.73. The van der Waals surface area contributed by atoms with Gasteiger partial charge in [0.1, 0.15) is 22.9 Å². The third-order valence-electron chi connectivity index (χ3n) is 4.32. The van der Waals surface area contributed by atoms with Gasteiger partial charge >= 0.3 is 6.09 Å². The van der Waals surface area contributed by atoms with E-state index in [0.29, 0.717) is 18.7 Å². The van der Waals surface area contributed by atoms with Crippen LogP contribution < -0.4 is 10.1 Å². The molecular weight excluding hydrogens is 378 g/mol. The monoisotopic (exact) mass is 401 g/mol. The minimum atomic E-state index is -0.503. The molecule has 3 aromatic rings. The number of fused-ring (bicyclic) bond motifs is 1. The Morgan fingerprint density at radius 2 is 2.14 bits per heavy atom. The van der Waals surface area contributed by atoms with E-state index >= 15 is 0 Å². The summed E-state index contributed by atoms with van der Waals surface area (Å²) in [7, 11) is 0. The zero-order valence-electron chi connectivity index (χ0n) is 16.3. The molecule has 9 heteroatoms. The maximum Gasteiger partial charge on any atom is 0.407 e. The summed E-state index contributed by atoms with van der Waals surface area (Å²) < 4.78 is 13.2. The number of carbonyl (C=O) groups excluding carboxylic acids is 1. The molecule has 0 radical (unpaired) electrons. The van der Waals surface area contributed by atoms with Gasteiger partial charge in [0.15, 0.2) is 0 Å². The number of ether oxygens (including phenoxy) is 2. The molecule has 148 valence electrons. The topological polar surface area (TPSA) is 90.6 Å². The highest BCUT2D eigenvalue weighted by Crippen LogP contribution is 2.31. The second-order valence-corrected chi connectivity index (χ2v) is 9.13. The van der Waals surface area contributed by atoms with Gasteiger partial charge in [-0.25, -0.2) is 19.3 Å². The van der Waals surface area contributed by atoms with Gasteiger partial charge < -0.3 is 14.8 Å². The van der Waals surface area contributed by atoms with Crippen LogP contribution >= 0.6 is 11.3 Å². The van der Waals surface area contributed by atoms with Crippen LogP contribution in [0.2, 0.25) is 0 Å². The second kappa shape index (κ2) is 7.05. The molecule has 1 saturated carbocycles. The number of carbonyl (C=O) groups is 1. The van der Waals surface area contributed by atoms with Crippen molar-refractivity contribution >= 4 is 22.9 Å². The molecule has 28 heavy (non-hydrogen) atoms. The van der Waals surface area contributed by atoms with E-state index < -0.39 is 11.7 Å². The summed E-state index contributed by atoms with van der Waals surface area (Å²) in [6.07, 6.45) is 6.43. The fourth-order valence-electron chi connectivity index (χ4n) is 2.99. The van der Waals surface area contributed by atoms with Crippen molar-refractivity contribution in [1.82, 2.24) is 24.9 Å². The average molecular weight is 401 g/mol. The Morgan fingerprint density at radius 3 is 2.82 bits per heavy atom. The van der Waals surface area contributed by atoms with Crippen LogP contribution in [0.25, 0.3) is 16.1 Å². The van der Waals surface area contributed by atoms with Crippen molar-refractivity contribution in [2.75, 3.05) is 0 Å². The van der Waals surface area contributed by atoms with Crippen LogP contribution in [0.1, 0.15) is 38.6 Å². The molecule has 8 nitrogen and oxygen atoms in total. The number of nitrogens with zero attached hydrogens (tertiary/aromatic N) is 4. The number of nitrogens with one attached hydrogen (secondary N) is 1. The van der Waals surface area contributed by atoms with E-state index in [4.69, 9.17) is 9.47 Å². The van der Waals surface area contributed by atoms with Crippen LogP contribution in [-0.2, 0) is 4.74 Å². The Labute approximate surface area is 166 Å². The van der Waals surface area contributed by atoms with Crippen LogP contribution in [0, 0.1) is 6.92 Å². The number of aromatic nitrogens is 4. The van der Waals surface area contributed by atoms with Gasteiger partial charge in [-0.15, -0.1) is 11.3 Å². The Kier molecular flexibility index (Phi) is 4.70. The molecule has 1 fully saturated rings. The van der Waals surface area contributed by atoms with Crippen molar-refractivity contribution in [2.45, 2.75) is 58.3 Å². The summed E-state index contributed by atoms with van der Waals surface area (Å²) in [5.74, 6) is 0.543. The summed E-state index contributed by atoms with van der Waals surface area (Å²) in [5.41, 5.74) is 1.09. The SMILES string of the molecule is Cc1ncc(-c2cn3nccc3c(OC3CC(NC(=O)OC(C)(C)C)C3)n2)s1. The highest BCUT2D eigenvalue weighted by atomic mass is 32.1. The fraction of sp³-hybridized carbons (Fsp3) is 0.474. The number of aryl methyl sites for hydroxylation is 1. The van der Waals surface area contributed by atoms with E-state index in [9.17, 15) is 4.79 Å². The van der Waals surface area contributed by atoms with Crippen LogP contribution in [0.3, 0.4) is 0 Å². The molecule has 3 heterocycles. The van der Waals surface area contributed by atoms with Gasteiger partial charge in [0, 0.05) is 25.1 Å². The second-order valence-electron chi connectivity index (χ2n) is 7.89. The van der Waals surface area contributed by atoms with Crippen molar-refractivity contribution < 1.29 is 14.3 Å². The lowest BCUT2D eigenvalue weighted by Crippen LogP contribution is -2.50. The molecule has 0 unspecified atom stereocenters. The normalized spacial score (nSPS) is 19.3. The molecule has 1 amide bonds. The standard InChI is InChI=1S/C19H23N5O3S/c1-11-20-9-16(28-11)14-10-24-15(5-6-21-24)17(23-14)26-13-7-12(8-13)22-18(25)27-19(2,3)4/h5-6,9-10,12-13H,7-8H2,1-4H3,(H,22,25). The van der Waals surface area contributed by atoms with E-state index in [-0.39, 0.29) is 12.1 Å². The van der Waals surface area contributed by atoms with E-state index in [2.05, 4.69) is 20.4 Å². The molecule has 4 rings (SSSR count). The van der Waals surface area contributed by atoms with Gasteiger partial charge in [0.05, 0.1) is 22.3 Å². The summed E-state index contributed by atoms with van der Waals surface area (Å²) in [5, 5.41) is 8.18. The lowest BCUT2D eigenvalue weighted by Gasteiger charge is -2.35. The number of amides is 1. The largest absolute Gasteiger partial charge is 0.473 e. The van der Waals surface area contributed by atoms with Crippen molar-refractivity contribution in [3.63, 3.8) is 0 Å². The van der Waals surface area contributed by atoms with E-state index in [0.717, 1.165) is 21.1 Å². The van der Waals surface area contributed by atoms with Gasteiger partial charge in [-0.3, -0.25) is 0 Å². The first-order chi connectivity index (χ1) is 13.3. The molecule has 0 spiro atoms. The Hall–Kier alpha value is -2.68. The molecule has 0 atom stereocenters. The number of hydrogen-bond acceptors (Lipinski definition) is 7. The summed E-state index contributed by atoms with van der Waals surface area (Å²) >= 11 is 1.58. The quantitative estimate of drug-likeness (QED) is 0.718.